The molecule has 2 aromatic carbocycles. The second kappa shape index (κ2) is 11.2. The van der Waals surface area contributed by atoms with Gasteiger partial charge in [0.1, 0.15) is 18.0 Å². The average molecular weight is 562 g/mol. The Morgan fingerprint density at radius 2 is 1.70 bits per heavy atom. The maximum Gasteiger partial charge on any atom is 0.494 e. The second-order valence-corrected chi connectivity index (χ2v) is 10.1. The zero-order chi connectivity index (χ0) is 29.3. The van der Waals surface area contributed by atoms with Crippen LogP contribution in [0.25, 0.3) is 22.0 Å². The van der Waals surface area contributed by atoms with E-state index in [0.29, 0.717) is 36.6 Å². The van der Waals surface area contributed by atoms with Crippen LogP contribution in [-0.4, -0.2) is 67.0 Å². The summed E-state index contributed by atoms with van der Waals surface area (Å²) in [5, 5.41) is 7.78. The van der Waals surface area contributed by atoms with Crippen LogP contribution in [0.3, 0.4) is 0 Å². The van der Waals surface area contributed by atoms with Gasteiger partial charge in [-0.15, -0.1) is 10.2 Å². The standard InChI is InChI=1S/C26H30BF3N4O6/c1-24(2)25(3,4)40-27(39-24)16-6-8-20(37-12-11-36-10-9-31)18(14-16)15-5-7-17-19(13-15)33-34-22(21(17)32)38-23(35)26(28,29)30/h5-8,13-14H,9-12,31H2,1-4H3,(H2,32,33). The number of nitrogens with two attached hydrogens (primary N) is 2. The molecule has 1 aliphatic rings. The zero-order valence-corrected chi connectivity index (χ0v) is 22.5. The molecule has 14 heteroatoms. The van der Waals surface area contributed by atoms with Crippen LogP contribution in [0.4, 0.5) is 18.9 Å². The van der Waals surface area contributed by atoms with E-state index in [1.54, 1.807) is 24.3 Å². The number of nitrogens with zero attached hydrogens (tertiary/aromatic N) is 2. The number of nitrogen functional groups attached to an aromatic ring is 1. The lowest BCUT2D eigenvalue weighted by Crippen LogP contribution is -2.41. The van der Waals surface area contributed by atoms with E-state index < -0.39 is 36.3 Å². The third-order valence-corrected chi connectivity index (χ3v) is 6.78. The van der Waals surface area contributed by atoms with Crippen molar-refractivity contribution < 1.29 is 41.5 Å². The summed E-state index contributed by atoms with van der Waals surface area (Å²) in [5.74, 6) is -2.64. The maximum atomic E-state index is 12.6. The molecule has 40 heavy (non-hydrogen) atoms. The minimum Gasteiger partial charge on any atom is -0.491 e. The Morgan fingerprint density at radius 3 is 2.35 bits per heavy atom. The van der Waals surface area contributed by atoms with Gasteiger partial charge in [0.15, 0.2) is 0 Å². The van der Waals surface area contributed by atoms with Crippen molar-refractivity contribution in [3.05, 3.63) is 36.4 Å². The molecule has 0 amide bonds. The molecule has 0 unspecified atom stereocenters. The van der Waals surface area contributed by atoms with Crippen LogP contribution >= 0.6 is 0 Å². The normalized spacial score (nSPS) is 16.4. The van der Waals surface area contributed by atoms with Gasteiger partial charge in [-0.1, -0.05) is 18.2 Å². The highest BCUT2D eigenvalue weighted by molar-refractivity contribution is 6.62. The number of benzene rings is 2. The van der Waals surface area contributed by atoms with Crippen molar-refractivity contribution in [1.82, 2.24) is 10.2 Å². The monoisotopic (exact) mass is 562 g/mol. The lowest BCUT2D eigenvalue weighted by atomic mass is 9.77. The fourth-order valence-electron chi connectivity index (χ4n) is 3.92. The van der Waals surface area contributed by atoms with E-state index >= 15 is 0 Å². The van der Waals surface area contributed by atoms with Crippen molar-refractivity contribution in [2.45, 2.75) is 45.1 Å². The molecule has 0 spiro atoms. The smallest absolute Gasteiger partial charge is 0.491 e. The van der Waals surface area contributed by atoms with Gasteiger partial charge in [0.05, 0.1) is 29.9 Å². The van der Waals surface area contributed by atoms with Crippen LogP contribution in [0.1, 0.15) is 27.7 Å². The van der Waals surface area contributed by atoms with Gasteiger partial charge in [-0.25, -0.2) is 4.79 Å². The number of hydrogen-bond donors (Lipinski definition) is 2. The Morgan fingerprint density at radius 1 is 1.00 bits per heavy atom. The highest BCUT2D eigenvalue weighted by Crippen LogP contribution is 2.38. The van der Waals surface area contributed by atoms with Crippen LogP contribution < -0.4 is 26.4 Å². The lowest BCUT2D eigenvalue weighted by Gasteiger charge is -2.32. The molecule has 0 saturated carbocycles. The van der Waals surface area contributed by atoms with Crippen molar-refractivity contribution in [2.24, 2.45) is 5.73 Å². The van der Waals surface area contributed by atoms with Crippen LogP contribution in [0.2, 0.25) is 0 Å². The molecular formula is C26H30BF3N4O6. The summed E-state index contributed by atoms with van der Waals surface area (Å²) in [4.78, 5) is 11.2. The first-order valence-corrected chi connectivity index (χ1v) is 12.5. The first-order chi connectivity index (χ1) is 18.7. The molecule has 0 radical (unpaired) electrons. The van der Waals surface area contributed by atoms with E-state index in [9.17, 15) is 18.0 Å². The fraction of sp³-hybridized carbons (Fsp3) is 0.423. The number of aromatic nitrogens is 2. The first-order valence-electron chi connectivity index (χ1n) is 12.5. The SMILES string of the molecule is CC1(C)OB(c2ccc(OCCOCCN)c(-c3ccc4c(N)c(OC(=O)C(F)(F)F)nnc4c3)c2)OC1(C)C. The molecule has 1 aromatic heterocycles. The Kier molecular flexibility index (Phi) is 8.27. The van der Waals surface area contributed by atoms with E-state index in [1.807, 2.05) is 39.8 Å². The van der Waals surface area contributed by atoms with Gasteiger partial charge in [0.2, 0.25) is 0 Å². The molecule has 214 valence electrons. The van der Waals surface area contributed by atoms with Crippen molar-refractivity contribution in [3.8, 4) is 22.8 Å². The number of carbonyl (C=O) groups excluding carboxylic acids is 1. The zero-order valence-electron chi connectivity index (χ0n) is 22.5. The van der Waals surface area contributed by atoms with Gasteiger partial charge in [0.25, 0.3) is 5.88 Å². The predicted molar refractivity (Wildman–Crippen MR) is 142 cm³/mol. The van der Waals surface area contributed by atoms with Gasteiger partial charge < -0.3 is 35.0 Å². The number of carbonyl (C=O) groups is 1. The summed E-state index contributed by atoms with van der Waals surface area (Å²) >= 11 is 0. The van der Waals surface area contributed by atoms with E-state index in [-0.39, 0.29) is 23.2 Å². The van der Waals surface area contributed by atoms with Gasteiger partial charge in [-0.05, 0) is 56.9 Å². The summed E-state index contributed by atoms with van der Waals surface area (Å²) in [6, 6.07) is 10.4. The van der Waals surface area contributed by atoms with Crippen molar-refractivity contribution in [1.29, 1.82) is 0 Å². The quantitative estimate of drug-likeness (QED) is 0.227. The summed E-state index contributed by atoms with van der Waals surface area (Å²) in [6.07, 6.45) is -5.21. The second-order valence-electron chi connectivity index (χ2n) is 10.1. The summed E-state index contributed by atoms with van der Waals surface area (Å²) in [7, 11) is -0.632. The third kappa shape index (κ3) is 6.14. The summed E-state index contributed by atoms with van der Waals surface area (Å²) < 4.78 is 66.0. The number of alkyl halides is 3. The number of halogens is 3. The van der Waals surface area contributed by atoms with E-state index in [1.165, 1.54) is 0 Å². The van der Waals surface area contributed by atoms with E-state index in [0.717, 1.165) is 5.46 Å². The highest BCUT2D eigenvalue weighted by Gasteiger charge is 2.51. The molecule has 0 aliphatic carbocycles. The molecule has 10 nitrogen and oxygen atoms in total. The van der Waals surface area contributed by atoms with Crippen molar-refractivity contribution >= 4 is 35.1 Å². The molecule has 1 fully saturated rings. The molecule has 0 bridgehead atoms. The topological polar surface area (TPSA) is 141 Å². The number of ether oxygens (including phenoxy) is 3. The molecule has 1 aliphatic heterocycles. The Hall–Kier alpha value is -3.46. The number of fused-ring (bicyclic) bond motifs is 1. The maximum absolute atomic E-state index is 12.6. The minimum atomic E-state index is -5.21. The molecule has 1 saturated heterocycles. The largest absolute Gasteiger partial charge is 0.494 e. The van der Waals surface area contributed by atoms with Gasteiger partial charge >= 0.3 is 19.3 Å². The van der Waals surface area contributed by atoms with Crippen molar-refractivity contribution in [2.75, 3.05) is 32.1 Å². The van der Waals surface area contributed by atoms with Crippen LogP contribution in [0.5, 0.6) is 11.6 Å². The Balaban J connectivity index is 1.70. The van der Waals surface area contributed by atoms with Crippen LogP contribution in [0.15, 0.2) is 36.4 Å². The molecule has 4 rings (SSSR count). The predicted octanol–water partition coefficient (Wildman–Crippen LogP) is 3.00. The van der Waals surface area contributed by atoms with E-state index in [2.05, 4.69) is 14.9 Å². The molecule has 4 N–H and O–H groups in total. The number of hydrogen-bond acceptors (Lipinski definition) is 10. The number of anilines is 1. The van der Waals surface area contributed by atoms with Crippen LogP contribution in [0, 0.1) is 0 Å². The summed E-state index contributed by atoms with van der Waals surface area (Å²) in [5.41, 5.74) is 12.4. The third-order valence-electron chi connectivity index (χ3n) is 6.78. The average Bonchev–Trinajstić information content (AvgIpc) is 3.11. The first kappa shape index (κ1) is 29.5. The fourth-order valence-corrected chi connectivity index (χ4v) is 3.92. The molecule has 0 atom stereocenters. The van der Waals surface area contributed by atoms with E-state index in [4.69, 9.17) is 30.2 Å². The summed E-state index contributed by atoms with van der Waals surface area (Å²) in [6.45, 7) is 9.22. The number of esters is 1. The Labute approximate surface area is 229 Å². The van der Waals surface area contributed by atoms with Gasteiger partial charge in [-0.3, -0.25) is 0 Å². The van der Waals surface area contributed by atoms with Gasteiger partial charge in [0, 0.05) is 17.5 Å². The Bertz CT molecular complexity index is 1390. The lowest BCUT2D eigenvalue weighted by molar-refractivity contribution is -0.189. The van der Waals surface area contributed by atoms with Crippen molar-refractivity contribution in [3.63, 3.8) is 0 Å². The number of rotatable bonds is 9. The highest BCUT2D eigenvalue weighted by atomic mass is 19.4. The molecular weight excluding hydrogens is 532 g/mol. The van der Waals surface area contributed by atoms with Gasteiger partial charge in [-0.2, -0.15) is 13.2 Å². The molecule has 3 aromatic rings. The van der Waals surface area contributed by atoms with Crippen LogP contribution in [-0.2, 0) is 18.8 Å². The molecule has 2 heterocycles. The minimum absolute atomic E-state index is 0.253.